The van der Waals surface area contributed by atoms with E-state index < -0.39 is 20.9 Å². The molecule has 0 fully saturated rings. The van der Waals surface area contributed by atoms with Gasteiger partial charge in [0.1, 0.15) is 6.10 Å². The van der Waals surface area contributed by atoms with Crippen LogP contribution in [0.2, 0.25) is 6.04 Å². The Labute approximate surface area is 244 Å². The number of alkyl carbamates (subject to hydrolysis) is 1. The van der Waals surface area contributed by atoms with Gasteiger partial charge in [-0.1, -0.05) is 51.5 Å². The molecule has 0 spiro atoms. The number of nitrogens with one attached hydrogen (secondary N) is 1. The number of unbranched alkanes of at least 4 members (excludes halogenated alkanes) is 8. The van der Waals surface area contributed by atoms with E-state index in [1.54, 1.807) is 6.92 Å². The number of carbonyl (C=O) groups is 2. The van der Waals surface area contributed by atoms with Crippen molar-refractivity contribution in [1.82, 2.24) is 5.32 Å². The highest BCUT2D eigenvalue weighted by Gasteiger charge is 2.39. The zero-order valence-electron chi connectivity index (χ0n) is 25.8. The second-order valence-corrected chi connectivity index (χ2v) is 12.4. The minimum Gasteiger partial charge on any atom is -0.457 e. The van der Waals surface area contributed by atoms with Gasteiger partial charge in [-0.3, -0.25) is 0 Å². The first kappa shape index (κ1) is 38.5. The molecule has 0 bridgehead atoms. The van der Waals surface area contributed by atoms with Gasteiger partial charge < -0.3 is 37.5 Å². The van der Waals surface area contributed by atoms with Crippen molar-refractivity contribution in [3.63, 3.8) is 0 Å². The molecule has 0 radical (unpaired) electrons. The van der Waals surface area contributed by atoms with Crippen LogP contribution in [0.1, 0.15) is 92.4 Å². The molecule has 40 heavy (non-hydrogen) atoms. The molecule has 1 N–H and O–H groups in total. The van der Waals surface area contributed by atoms with Gasteiger partial charge >= 0.3 is 20.9 Å². The molecule has 1 amide bonds. The van der Waals surface area contributed by atoms with E-state index in [0.717, 1.165) is 37.8 Å². The minimum atomic E-state index is -2.49. The van der Waals surface area contributed by atoms with Gasteiger partial charge in [-0.2, -0.15) is 0 Å². The Morgan fingerprint density at radius 3 is 1.88 bits per heavy atom. The summed E-state index contributed by atoms with van der Waals surface area (Å²) < 4.78 is 39.1. The van der Waals surface area contributed by atoms with Gasteiger partial charge in [0.15, 0.2) is 0 Å². The molecule has 10 nitrogen and oxygen atoms in total. The summed E-state index contributed by atoms with van der Waals surface area (Å²) in [4.78, 5) is 22.9. The summed E-state index contributed by atoms with van der Waals surface area (Å²) in [5.74, 6) is -0.473. The molecule has 0 aromatic carbocycles. The standard InChI is InChI=1S/C29H57NO9Si/c1-7-28(31)39-27(6)25-35-26(5)24-33-22-20-30-29(32)34-21-18-16-14-12-11-13-15-17-19-23-40(36-8-2,37-9-3)38-10-4/h7,26-27H,1,8-25H2,2-6H3,(H,30,32). The van der Waals surface area contributed by atoms with Crippen LogP contribution in [0.3, 0.4) is 0 Å². The van der Waals surface area contributed by atoms with Crippen LogP contribution in [0.5, 0.6) is 0 Å². The SMILES string of the molecule is C=CC(=O)OC(C)COC(C)COCCNC(=O)OCCCCCCCCCCC[Si](OCC)(OCC)OCC. The molecule has 2 unspecified atom stereocenters. The third kappa shape index (κ3) is 22.2. The first-order chi connectivity index (χ1) is 19.3. The van der Waals surface area contributed by atoms with Crippen molar-refractivity contribution >= 4 is 20.9 Å². The molecule has 0 aromatic heterocycles. The first-order valence-electron chi connectivity index (χ1n) is 15.2. The van der Waals surface area contributed by atoms with Crippen LogP contribution in [0, 0.1) is 0 Å². The van der Waals surface area contributed by atoms with Gasteiger partial charge in [-0.15, -0.1) is 0 Å². The molecule has 11 heteroatoms. The van der Waals surface area contributed by atoms with E-state index in [1.165, 1.54) is 32.1 Å². The van der Waals surface area contributed by atoms with Crippen molar-refractivity contribution in [2.45, 2.75) is 111 Å². The summed E-state index contributed by atoms with van der Waals surface area (Å²) >= 11 is 0. The van der Waals surface area contributed by atoms with Gasteiger partial charge in [-0.25, -0.2) is 9.59 Å². The van der Waals surface area contributed by atoms with Crippen LogP contribution in [0.25, 0.3) is 0 Å². The Morgan fingerprint density at radius 1 is 0.775 bits per heavy atom. The third-order valence-corrected chi connectivity index (χ3v) is 9.07. The topological polar surface area (TPSA) is 111 Å². The molecule has 0 aliphatic heterocycles. The number of hydrogen-bond donors (Lipinski definition) is 1. The monoisotopic (exact) mass is 591 g/mol. The maximum Gasteiger partial charge on any atom is 0.500 e. The van der Waals surface area contributed by atoms with E-state index in [2.05, 4.69) is 11.9 Å². The highest BCUT2D eigenvalue weighted by molar-refractivity contribution is 6.60. The smallest absolute Gasteiger partial charge is 0.457 e. The van der Waals surface area contributed by atoms with Gasteiger partial charge in [0.05, 0.1) is 32.5 Å². The van der Waals surface area contributed by atoms with E-state index in [9.17, 15) is 9.59 Å². The summed E-state index contributed by atoms with van der Waals surface area (Å²) in [7, 11) is -2.49. The van der Waals surface area contributed by atoms with E-state index in [-0.39, 0.29) is 18.8 Å². The van der Waals surface area contributed by atoms with E-state index in [0.29, 0.717) is 46.2 Å². The van der Waals surface area contributed by atoms with Crippen molar-refractivity contribution in [1.29, 1.82) is 0 Å². The van der Waals surface area contributed by atoms with Crippen molar-refractivity contribution < 1.29 is 41.8 Å². The number of hydrogen-bond acceptors (Lipinski definition) is 9. The Bertz CT molecular complexity index is 622. The van der Waals surface area contributed by atoms with Crippen LogP contribution in [-0.2, 0) is 37.0 Å². The van der Waals surface area contributed by atoms with Crippen molar-refractivity contribution in [2.75, 3.05) is 52.8 Å². The summed E-state index contributed by atoms with van der Waals surface area (Å²) in [5, 5.41) is 2.69. The van der Waals surface area contributed by atoms with Gasteiger partial charge in [0.2, 0.25) is 0 Å². The second-order valence-electron chi connectivity index (χ2n) is 9.65. The van der Waals surface area contributed by atoms with Gasteiger partial charge in [0.25, 0.3) is 0 Å². The number of amides is 1. The fourth-order valence-electron chi connectivity index (χ4n) is 4.00. The fourth-order valence-corrected chi connectivity index (χ4v) is 6.69. The van der Waals surface area contributed by atoms with Gasteiger partial charge in [0, 0.05) is 38.5 Å². The second kappa shape index (κ2) is 26.4. The van der Waals surface area contributed by atoms with Crippen LogP contribution in [0.15, 0.2) is 12.7 Å². The number of ether oxygens (including phenoxy) is 4. The molecule has 0 heterocycles. The number of carbonyl (C=O) groups excluding carboxylic acids is 2. The summed E-state index contributed by atoms with van der Waals surface area (Å²) in [6.45, 7) is 16.7. The predicted octanol–water partition coefficient (Wildman–Crippen LogP) is 5.81. The van der Waals surface area contributed by atoms with E-state index in [1.807, 2.05) is 27.7 Å². The van der Waals surface area contributed by atoms with Crippen LogP contribution in [0.4, 0.5) is 4.79 Å². The molecule has 0 saturated carbocycles. The average molecular weight is 592 g/mol. The molecule has 0 aliphatic rings. The molecule has 0 aliphatic carbocycles. The molecular weight excluding hydrogens is 534 g/mol. The molecule has 2 atom stereocenters. The Balaban J connectivity index is 3.58. The lowest BCUT2D eigenvalue weighted by molar-refractivity contribution is -0.146. The Hall–Kier alpha value is -1.50. The van der Waals surface area contributed by atoms with E-state index in [4.69, 9.17) is 32.2 Å². The van der Waals surface area contributed by atoms with Crippen molar-refractivity contribution in [3.05, 3.63) is 12.7 Å². The van der Waals surface area contributed by atoms with E-state index >= 15 is 0 Å². The Morgan fingerprint density at radius 2 is 1.32 bits per heavy atom. The molecule has 0 saturated heterocycles. The normalized spacial score (nSPS) is 13.0. The summed E-state index contributed by atoms with van der Waals surface area (Å²) in [6.07, 6.45) is 10.4. The zero-order chi connectivity index (χ0) is 29.9. The molecule has 0 aromatic rings. The van der Waals surface area contributed by atoms with Crippen molar-refractivity contribution in [3.8, 4) is 0 Å². The average Bonchev–Trinajstić information content (AvgIpc) is 2.92. The number of esters is 1. The lowest BCUT2D eigenvalue weighted by atomic mass is 10.1. The van der Waals surface area contributed by atoms with Gasteiger partial charge in [-0.05, 0) is 47.5 Å². The maximum atomic E-state index is 11.8. The lowest BCUT2D eigenvalue weighted by Crippen LogP contribution is -2.45. The Kier molecular flexibility index (Phi) is 25.4. The van der Waals surface area contributed by atoms with Crippen LogP contribution in [-0.4, -0.2) is 85.9 Å². The summed E-state index contributed by atoms with van der Waals surface area (Å²) in [6, 6.07) is 0.897. The van der Waals surface area contributed by atoms with Crippen LogP contribution < -0.4 is 5.32 Å². The van der Waals surface area contributed by atoms with Crippen molar-refractivity contribution in [2.24, 2.45) is 0 Å². The maximum absolute atomic E-state index is 11.8. The third-order valence-electron chi connectivity index (χ3n) is 5.92. The van der Waals surface area contributed by atoms with Crippen LogP contribution >= 0.6 is 0 Å². The first-order valence-corrected chi connectivity index (χ1v) is 17.1. The highest BCUT2D eigenvalue weighted by atomic mass is 28.4. The number of rotatable bonds is 28. The predicted molar refractivity (Wildman–Crippen MR) is 158 cm³/mol. The zero-order valence-corrected chi connectivity index (χ0v) is 26.8. The quantitative estimate of drug-likeness (QED) is 0.0521. The molecular formula is C29H57NO9Si. The lowest BCUT2D eigenvalue weighted by Gasteiger charge is -2.28. The summed E-state index contributed by atoms with van der Waals surface area (Å²) in [5.41, 5.74) is 0. The highest BCUT2D eigenvalue weighted by Crippen LogP contribution is 2.21. The fraction of sp³-hybridized carbons (Fsp3) is 0.862. The minimum absolute atomic E-state index is 0.161. The molecule has 0 rings (SSSR count). The molecule has 236 valence electrons. The largest absolute Gasteiger partial charge is 0.500 e.